The van der Waals surface area contributed by atoms with Crippen LogP contribution >= 0.6 is 11.6 Å². The molecule has 0 aromatic heterocycles. The van der Waals surface area contributed by atoms with Gasteiger partial charge < -0.3 is 5.11 Å². The fourth-order valence-corrected chi connectivity index (χ4v) is 2.55. The van der Waals surface area contributed by atoms with Crippen molar-refractivity contribution in [2.24, 2.45) is 0 Å². The molecule has 1 N–H and O–H groups in total. The molecule has 0 spiro atoms. The Hall–Kier alpha value is -1.38. The number of aliphatic hydroxyl groups is 1. The molecular weight excluding hydrogens is 275 g/mol. The van der Waals surface area contributed by atoms with E-state index in [4.69, 9.17) is 11.6 Å². The average molecular weight is 293 g/mol. The Bertz CT molecular complexity index is 615. The van der Waals surface area contributed by atoms with Gasteiger partial charge in [0.2, 0.25) is 0 Å². The quantitative estimate of drug-likeness (QED) is 0.880. The van der Waals surface area contributed by atoms with Crippen molar-refractivity contribution in [3.05, 3.63) is 69.5 Å². The van der Waals surface area contributed by atoms with Gasteiger partial charge in [0, 0.05) is 6.42 Å². The van der Waals surface area contributed by atoms with E-state index in [-0.39, 0.29) is 5.02 Å². The van der Waals surface area contributed by atoms with Crippen LogP contribution in [0.1, 0.15) is 29.2 Å². The summed E-state index contributed by atoms with van der Waals surface area (Å²) in [4.78, 5) is 0. The summed E-state index contributed by atoms with van der Waals surface area (Å²) in [5.74, 6) is -0.458. The van der Waals surface area contributed by atoms with Crippen LogP contribution in [0.4, 0.5) is 4.39 Å². The maximum absolute atomic E-state index is 13.5. The second-order valence-electron chi connectivity index (χ2n) is 5.58. The minimum atomic E-state index is -1.04. The number of rotatable bonds is 3. The molecule has 1 atom stereocenters. The van der Waals surface area contributed by atoms with Crippen LogP contribution in [0.15, 0.2) is 36.4 Å². The highest BCUT2D eigenvalue weighted by Crippen LogP contribution is 2.28. The summed E-state index contributed by atoms with van der Waals surface area (Å²) < 4.78 is 13.5. The van der Waals surface area contributed by atoms with Crippen LogP contribution in [-0.4, -0.2) is 5.11 Å². The lowest BCUT2D eigenvalue weighted by Gasteiger charge is -2.25. The van der Waals surface area contributed by atoms with Crippen molar-refractivity contribution in [1.82, 2.24) is 0 Å². The monoisotopic (exact) mass is 292 g/mol. The largest absolute Gasteiger partial charge is 0.385 e. The van der Waals surface area contributed by atoms with Gasteiger partial charge in [-0.1, -0.05) is 47.0 Å². The fraction of sp³-hybridized carbons (Fsp3) is 0.294. The Balaban J connectivity index is 2.32. The van der Waals surface area contributed by atoms with Gasteiger partial charge in [0.25, 0.3) is 0 Å². The van der Waals surface area contributed by atoms with E-state index >= 15 is 0 Å². The van der Waals surface area contributed by atoms with Gasteiger partial charge in [-0.15, -0.1) is 0 Å². The van der Waals surface area contributed by atoms with E-state index < -0.39 is 11.4 Å². The van der Waals surface area contributed by atoms with Crippen molar-refractivity contribution < 1.29 is 9.50 Å². The molecule has 0 aliphatic rings. The molecule has 1 unspecified atom stereocenters. The molecule has 3 heteroatoms. The molecule has 0 heterocycles. The van der Waals surface area contributed by atoms with E-state index in [1.54, 1.807) is 13.0 Å². The van der Waals surface area contributed by atoms with Crippen molar-refractivity contribution in [2.75, 3.05) is 0 Å². The Labute approximate surface area is 124 Å². The summed E-state index contributed by atoms with van der Waals surface area (Å²) in [5, 5.41) is 10.8. The molecule has 2 rings (SSSR count). The minimum absolute atomic E-state index is 0.0970. The summed E-state index contributed by atoms with van der Waals surface area (Å²) in [5.41, 5.74) is 2.71. The number of aryl methyl sites for hydroxylation is 2. The molecule has 0 saturated carbocycles. The molecule has 0 amide bonds. The van der Waals surface area contributed by atoms with Crippen LogP contribution in [0.25, 0.3) is 0 Å². The SMILES string of the molecule is Cc1cc(C)cc(C(C)(O)Cc2ccc(Cl)c(F)c2)c1. The number of hydrogen-bond acceptors (Lipinski definition) is 1. The highest BCUT2D eigenvalue weighted by Gasteiger charge is 2.24. The van der Waals surface area contributed by atoms with Crippen molar-refractivity contribution in [3.8, 4) is 0 Å². The van der Waals surface area contributed by atoms with Crippen LogP contribution in [0.2, 0.25) is 5.02 Å². The van der Waals surface area contributed by atoms with Gasteiger partial charge in [0.05, 0.1) is 10.6 Å². The number of hydrogen-bond donors (Lipinski definition) is 1. The van der Waals surface area contributed by atoms with E-state index in [2.05, 4.69) is 6.07 Å². The van der Waals surface area contributed by atoms with E-state index in [1.165, 1.54) is 12.1 Å². The molecule has 106 valence electrons. The first-order valence-corrected chi connectivity index (χ1v) is 6.91. The van der Waals surface area contributed by atoms with Crippen LogP contribution < -0.4 is 0 Å². The third kappa shape index (κ3) is 3.38. The molecule has 1 nitrogen and oxygen atoms in total. The van der Waals surface area contributed by atoms with Crippen LogP contribution in [0, 0.1) is 19.7 Å². The molecular formula is C17H18ClFO. The summed E-state index contributed by atoms with van der Waals surface area (Å²) in [6.07, 6.45) is 0.337. The maximum atomic E-state index is 13.5. The van der Waals surface area contributed by atoms with Crippen LogP contribution in [-0.2, 0) is 12.0 Å². The van der Waals surface area contributed by atoms with Crippen molar-refractivity contribution in [3.63, 3.8) is 0 Å². The van der Waals surface area contributed by atoms with Crippen molar-refractivity contribution in [1.29, 1.82) is 0 Å². The average Bonchev–Trinajstić information content (AvgIpc) is 2.32. The van der Waals surface area contributed by atoms with Gasteiger partial charge in [-0.25, -0.2) is 4.39 Å². The summed E-state index contributed by atoms with van der Waals surface area (Å²) in [6, 6.07) is 10.6. The van der Waals surface area contributed by atoms with E-state index in [0.717, 1.165) is 22.3 Å². The Kier molecular flexibility index (Phi) is 4.17. The second-order valence-corrected chi connectivity index (χ2v) is 5.98. The first-order chi connectivity index (χ1) is 9.28. The highest BCUT2D eigenvalue weighted by atomic mass is 35.5. The third-order valence-corrected chi connectivity index (χ3v) is 3.68. The minimum Gasteiger partial charge on any atom is -0.385 e. The molecule has 2 aromatic carbocycles. The highest BCUT2D eigenvalue weighted by molar-refractivity contribution is 6.30. The lowest BCUT2D eigenvalue weighted by molar-refractivity contribution is 0.0574. The summed E-state index contributed by atoms with van der Waals surface area (Å²) in [6.45, 7) is 5.73. The maximum Gasteiger partial charge on any atom is 0.142 e. The first-order valence-electron chi connectivity index (χ1n) is 6.53. The van der Waals surface area contributed by atoms with Gasteiger partial charge in [0.1, 0.15) is 5.82 Å². The topological polar surface area (TPSA) is 20.2 Å². The summed E-state index contributed by atoms with van der Waals surface area (Å²) >= 11 is 5.67. The smallest absolute Gasteiger partial charge is 0.142 e. The van der Waals surface area contributed by atoms with Gasteiger partial charge in [0.15, 0.2) is 0 Å². The Morgan fingerprint density at radius 2 is 1.70 bits per heavy atom. The molecule has 0 aliphatic heterocycles. The molecule has 0 bridgehead atoms. The normalized spacial score (nSPS) is 14.1. The zero-order valence-electron chi connectivity index (χ0n) is 11.9. The van der Waals surface area contributed by atoms with Gasteiger partial charge in [-0.3, -0.25) is 0 Å². The van der Waals surface area contributed by atoms with Gasteiger partial charge in [-0.2, -0.15) is 0 Å². The molecule has 20 heavy (non-hydrogen) atoms. The molecule has 0 aliphatic carbocycles. The third-order valence-electron chi connectivity index (χ3n) is 3.38. The zero-order valence-corrected chi connectivity index (χ0v) is 12.6. The fourth-order valence-electron chi connectivity index (χ4n) is 2.43. The first kappa shape index (κ1) is 15.0. The standard InChI is InChI=1S/C17H18ClFO/c1-11-6-12(2)8-14(7-11)17(3,20)10-13-4-5-15(18)16(19)9-13/h4-9,20H,10H2,1-3H3. The summed E-state index contributed by atoms with van der Waals surface area (Å²) in [7, 11) is 0. The van der Waals surface area contributed by atoms with Crippen molar-refractivity contribution >= 4 is 11.6 Å². The second kappa shape index (κ2) is 5.55. The molecule has 0 radical (unpaired) electrons. The number of benzene rings is 2. The van der Waals surface area contributed by atoms with Crippen LogP contribution in [0.3, 0.4) is 0 Å². The van der Waals surface area contributed by atoms with Crippen molar-refractivity contribution in [2.45, 2.75) is 32.8 Å². The predicted molar refractivity (Wildman–Crippen MR) is 80.6 cm³/mol. The number of halogens is 2. The zero-order chi connectivity index (χ0) is 14.9. The van der Waals surface area contributed by atoms with E-state index in [0.29, 0.717) is 6.42 Å². The predicted octanol–water partition coefficient (Wildman–Crippen LogP) is 4.55. The molecule has 0 fully saturated rings. The Morgan fingerprint density at radius 3 is 2.25 bits per heavy atom. The van der Waals surface area contributed by atoms with E-state index in [9.17, 15) is 9.50 Å². The lowest BCUT2D eigenvalue weighted by Crippen LogP contribution is -2.24. The molecule has 2 aromatic rings. The van der Waals surface area contributed by atoms with Crippen LogP contribution in [0.5, 0.6) is 0 Å². The lowest BCUT2D eigenvalue weighted by atomic mass is 9.87. The van der Waals surface area contributed by atoms with Gasteiger partial charge in [-0.05, 0) is 44.0 Å². The van der Waals surface area contributed by atoms with Gasteiger partial charge >= 0.3 is 0 Å². The molecule has 0 saturated heterocycles. The Morgan fingerprint density at radius 1 is 1.10 bits per heavy atom. The van der Waals surface area contributed by atoms with E-state index in [1.807, 2.05) is 26.0 Å².